The highest BCUT2D eigenvalue weighted by molar-refractivity contribution is 5.76. The summed E-state index contributed by atoms with van der Waals surface area (Å²) in [5.41, 5.74) is 1.60. The third kappa shape index (κ3) is 4.45. The van der Waals surface area contributed by atoms with E-state index in [0.717, 1.165) is 5.69 Å². The Kier molecular flexibility index (Phi) is 5.24. The summed E-state index contributed by atoms with van der Waals surface area (Å²) in [7, 11) is 0. The molecule has 3 aromatic heterocycles. The van der Waals surface area contributed by atoms with Crippen molar-refractivity contribution in [2.24, 2.45) is 0 Å². The lowest BCUT2D eigenvalue weighted by Crippen LogP contribution is -2.26. The molecule has 0 aliphatic carbocycles. The zero-order chi connectivity index (χ0) is 16.6. The summed E-state index contributed by atoms with van der Waals surface area (Å²) in [6, 6.07) is 11.2. The molecule has 0 spiro atoms. The summed E-state index contributed by atoms with van der Waals surface area (Å²) in [5, 5.41) is 6.74. The van der Waals surface area contributed by atoms with E-state index in [-0.39, 0.29) is 5.91 Å². The van der Waals surface area contributed by atoms with Crippen LogP contribution >= 0.6 is 0 Å². The van der Waals surface area contributed by atoms with Gasteiger partial charge in [-0.05, 0) is 24.3 Å². The number of pyridine rings is 2. The maximum Gasteiger partial charge on any atom is 0.227 e. The molecule has 0 aromatic carbocycles. The van der Waals surface area contributed by atoms with Gasteiger partial charge in [-0.3, -0.25) is 14.8 Å². The molecular weight excluding hydrogens is 306 g/mol. The maximum atomic E-state index is 11.8. The molecule has 3 heterocycles. The average Bonchev–Trinajstić information content (AvgIpc) is 3.11. The summed E-state index contributed by atoms with van der Waals surface area (Å²) in [6.07, 6.45) is 4.81. The van der Waals surface area contributed by atoms with Gasteiger partial charge in [0.2, 0.25) is 17.6 Å². The second-order valence-corrected chi connectivity index (χ2v) is 5.15. The van der Waals surface area contributed by atoms with Gasteiger partial charge in [-0.15, -0.1) is 0 Å². The van der Waals surface area contributed by atoms with Gasteiger partial charge in [-0.1, -0.05) is 17.3 Å². The van der Waals surface area contributed by atoms with Gasteiger partial charge in [0, 0.05) is 43.9 Å². The number of aryl methyl sites for hydroxylation is 1. The van der Waals surface area contributed by atoms with Crippen molar-refractivity contribution >= 4 is 5.91 Å². The van der Waals surface area contributed by atoms with E-state index in [9.17, 15) is 4.79 Å². The van der Waals surface area contributed by atoms with Crippen LogP contribution in [0.1, 0.15) is 18.0 Å². The molecule has 0 aliphatic heterocycles. The zero-order valence-corrected chi connectivity index (χ0v) is 13.1. The number of nitrogens with one attached hydrogen (secondary N) is 1. The van der Waals surface area contributed by atoms with E-state index in [1.165, 1.54) is 0 Å². The molecule has 24 heavy (non-hydrogen) atoms. The van der Waals surface area contributed by atoms with Gasteiger partial charge >= 0.3 is 0 Å². The van der Waals surface area contributed by atoms with E-state index in [1.807, 2.05) is 30.3 Å². The van der Waals surface area contributed by atoms with Crippen LogP contribution in [0.3, 0.4) is 0 Å². The number of hydrogen-bond acceptors (Lipinski definition) is 6. The maximum absolute atomic E-state index is 11.8. The molecular formula is C17H17N5O2. The Morgan fingerprint density at radius 1 is 1.04 bits per heavy atom. The highest BCUT2D eigenvalue weighted by atomic mass is 16.5. The molecule has 0 saturated heterocycles. The minimum absolute atomic E-state index is 0.0523. The van der Waals surface area contributed by atoms with Crippen LogP contribution in [0.15, 0.2) is 53.3 Å². The van der Waals surface area contributed by atoms with Gasteiger partial charge < -0.3 is 9.84 Å². The molecule has 122 valence electrons. The fraction of sp³-hybridized carbons (Fsp3) is 0.235. The van der Waals surface area contributed by atoms with Crippen molar-refractivity contribution in [3.63, 3.8) is 0 Å². The number of carbonyl (C=O) groups is 1. The first-order valence-electron chi connectivity index (χ1n) is 7.72. The molecule has 7 heteroatoms. The fourth-order valence-corrected chi connectivity index (χ4v) is 2.14. The SMILES string of the molecule is O=C(CCc1nc(-c2ccccn2)no1)NCCc1ccccn1. The highest BCUT2D eigenvalue weighted by Crippen LogP contribution is 2.12. The van der Waals surface area contributed by atoms with Gasteiger partial charge in [0.25, 0.3) is 0 Å². The third-order valence-corrected chi connectivity index (χ3v) is 3.36. The summed E-state index contributed by atoms with van der Waals surface area (Å²) in [5.74, 6) is 0.806. The summed E-state index contributed by atoms with van der Waals surface area (Å²) in [6.45, 7) is 0.554. The number of carbonyl (C=O) groups excluding carboxylic acids is 1. The lowest BCUT2D eigenvalue weighted by Gasteiger charge is -2.03. The molecule has 0 unspecified atom stereocenters. The smallest absolute Gasteiger partial charge is 0.227 e. The third-order valence-electron chi connectivity index (χ3n) is 3.36. The molecule has 0 bridgehead atoms. The lowest BCUT2D eigenvalue weighted by atomic mass is 10.2. The van der Waals surface area contributed by atoms with E-state index in [2.05, 4.69) is 25.4 Å². The summed E-state index contributed by atoms with van der Waals surface area (Å²) >= 11 is 0. The molecule has 0 fully saturated rings. The first-order chi connectivity index (χ1) is 11.8. The van der Waals surface area contributed by atoms with Crippen molar-refractivity contribution in [2.75, 3.05) is 6.54 Å². The number of aromatic nitrogens is 4. The van der Waals surface area contributed by atoms with Gasteiger partial charge in [0.05, 0.1) is 0 Å². The van der Waals surface area contributed by atoms with Crippen LogP contribution in [0, 0.1) is 0 Å². The Hall–Kier alpha value is -3.09. The largest absolute Gasteiger partial charge is 0.356 e. The second kappa shape index (κ2) is 7.96. The number of amides is 1. The van der Waals surface area contributed by atoms with E-state index >= 15 is 0 Å². The Morgan fingerprint density at radius 2 is 1.88 bits per heavy atom. The minimum atomic E-state index is -0.0523. The van der Waals surface area contributed by atoms with E-state index in [4.69, 9.17) is 4.52 Å². The van der Waals surface area contributed by atoms with Crippen molar-refractivity contribution in [3.8, 4) is 11.5 Å². The average molecular weight is 323 g/mol. The standard InChI is InChI=1S/C17H17N5O2/c23-15(20-12-9-13-5-1-3-10-18-13)7-8-16-21-17(22-24-16)14-6-2-4-11-19-14/h1-6,10-11H,7-9,12H2,(H,20,23). The van der Waals surface area contributed by atoms with Crippen molar-refractivity contribution in [1.29, 1.82) is 0 Å². The normalized spacial score (nSPS) is 10.5. The molecule has 0 aliphatic rings. The summed E-state index contributed by atoms with van der Waals surface area (Å²) < 4.78 is 5.15. The first kappa shape index (κ1) is 15.8. The van der Waals surface area contributed by atoms with Crippen molar-refractivity contribution in [1.82, 2.24) is 25.4 Å². The van der Waals surface area contributed by atoms with Gasteiger partial charge in [-0.2, -0.15) is 4.98 Å². The van der Waals surface area contributed by atoms with Gasteiger partial charge in [0.1, 0.15) is 5.69 Å². The van der Waals surface area contributed by atoms with Crippen LogP contribution in [0.4, 0.5) is 0 Å². The van der Waals surface area contributed by atoms with Crippen LogP contribution in [-0.2, 0) is 17.6 Å². The topological polar surface area (TPSA) is 93.8 Å². The number of hydrogen-bond donors (Lipinski definition) is 1. The monoisotopic (exact) mass is 323 g/mol. The first-order valence-corrected chi connectivity index (χ1v) is 7.72. The predicted molar refractivity (Wildman–Crippen MR) is 86.8 cm³/mol. The lowest BCUT2D eigenvalue weighted by molar-refractivity contribution is -0.121. The van der Waals surface area contributed by atoms with E-state index < -0.39 is 0 Å². The Morgan fingerprint density at radius 3 is 2.62 bits per heavy atom. The molecule has 0 atom stereocenters. The molecule has 0 saturated carbocycles. The van der Waals surface area contributed by atoms with Crippen LogP contribution < -0.4 is 5.32 Å². The van der Waals surface area contributed by atoms with Crippen molar-refractivity contribution < 1.29 is 9.32 Å². The molecule has 3 aromatic rings. The fourth-order valence-electron chi connectivity index (χ4n) is 2.14. The number of rotatable bonds is 7. The second-order valence-electron chi connectivity index (χ2n) is 5.15. The molecule has 0 radical (unpaired) electrons. The Labute approximate surface area is 139 Å². The van der Waals surface area contributed by atoms with Gasteiger partial charge in [0.15, 0.2) is 0 Å². The summed E-state index contributed by atoms with van der Waals surface area (Å²) in [4.78, 5) is 24.5. The number of nitrogens with zero attached hydrogens (tertiary/aromatic N) is 4. The highest BCUT2D eigenvalue weighted by Gasteiger charge is 2.11. The zero-order valence-electron chi connectivity index (χ0n) is 13.1. The molecule has 1 amide bonds. The van der Waals surface area contributed by atoms with E-state index in [1.54, 1.807) is 18.5 Å². The van der Waals surface area contributed by atoms with Crippen LogP contribution in [0.5, 0.6) is 0 Å². The minimum Gasteiger partial charge on any atom is -0.356 e. The van der Waals surface area contributed by atoms with Crippen LogP contribution in [0.2, 0.25) is 0 Å². The van der Waals surface area contributed by atoms with E-state index in [0.29, 0.717) is 43.2 Å². The Bertz CT molecular complexity index is 774. The molecule has 1 N–H and O–H groups in total. The molecule has 3 rings (SSSR count). The molecule has 7 nitrogen and oxygen atoms in total. The van der Waals surface area contributed by atoms with Crippen LogP contribution in [-0.4, -0.2) is 32.6 Å². The van der Waals surface area contributed by atoms with Gasteiger partial charge in [-0.25, -0.2) is 0 Å². The van der Waals surface area contributed by atoms with Crippen molar-refractivity contribution in [3.05, 3.63) is 60.4 Å². The van der Waals surface area contributed by atoms with Crippen LogP contribution in [0.25, 0.3) is 11.5 Å². The quantitative estimate of drug-likeness (QED) is 0.713. The predicted octanol–water partition coefficient (Wildman–Crippen LogP) is 1.82. The Balaban J connectivity index is 1.42. The van der Waals surface area contributed by atoms with Crippen molar-refractivity contribution in [2.45, 2.75) is 19.3 Å².